The third kappa shape index (κ3) is 8.92. The number of amides is 2. The minimum absolute atomic E-state index is 0. The van der Waals surface area contributed by atoms with Gasteiger partial charge in [-0.2, -0.15) is 0 Å². The zero-order valence-electron chi connectivity index (χ0n) is 15.4. The first-order valence-electron chi connectivity index (χ1n) is 8.11. The van der Waals surface area contributed by atoms with E-state index in [2.05, 4.69) is 0 Å². The van der Waals surface area contributed by atoms with Gasteiger partial charge < -0.3 is 26.4 Å². The third-order valence-electron chi connectivity index (χ3n) is 3.60. The fourth-order valence-electron chi connectivity index (χ4n) is 2.19. The molecule has 2 rings (SSSR count). The van der Waals surface area contributed by atoms with Crippen molar-refractivity contribution in [1.29, 1.82) is 0 Å². The number of nitrogens with two attached hydrogens (primary N) is 2. The summed E-state index contributed by atoms with van der Waals surface area (Å²) in [6.07, 6.45) is 2.78. The molecule has 8 heteroatoms. The van der Waals surface area contributed by atoms with E-state index < -0.39 is 11.8 Å². The molecule has 0 spiro atoms. The van der Waals surface area contributed by atoms with Crippen LogP contribution in [0, 0.1) is 0 Å². The maximum atomic E-state index is 11.0. The van der Waals surface area contributed by atoms with E-state index in [0.29, 0.717) is 24.3 Å². The Balaban J connectivity index is 0.00000338. The Kier molecular flexibility index (Phi) is 12.2. The van der Waals surface area contributed by atoms with E-state index in [1.54, 1.807) is 48.5 Å². The van der Waals surface area contributed by atoms with Crippen molar-refractivity contribution in [3.63, 3.8) is 0 Å². The summed E-state index contributed by atoms with van der Waals surface area (Å²) in [5.41, 5.74) is 11.3. The van der Waals surface area contributed by atoms with Gasteiger partial charge in [0, 0.05) is 11.1 Å². The molecule has 0 saturated heterocycles. The smallest absolute Gasteiger partial charge is 0.870 e. The first kappa shape index (κ1) is 24.9. The van der Waals surface area contributed by atoms with E-state index in [9.17, 15) is 9.59 Å². The van der Waals surface area contributed by atoms with E-state index in [1.165, 1.54) is 0 Å². The van der Waals surface area contributed by atoms with Crippen molar-refractivity contribution in [2.75, 3.05) is 13.2 Å². The molecule has 2 aromatic carbocycles. The molecule has 0 aliphatic heterocycles. The number of carbonyl (C=O) groups is 2. The van der Waals surface area contributed by atoms with Gasteiger partial charge in [-0.15, -0.1) is 0 Å². The maximum Gasteiger partial charge on any atom is 1.00 e. The molecule has 0 aliphatic rings. The molecule has 2 aromatic rings. The van der Waals surface area contributed by atoms with Gasteiger partial charge in [-0.25, -0.2) is 0 Å². The van der Waals surface area contributed by atoms with Crippen molar-refractivity contribution in [3.8, 4) is 11.5 Å². The summed E-state index contributed by atoms with van der Waals surface area (Å²) in [5, 5.41) is 0. The summed E-state index contributed by atoms with van der Waals surface area (Å²) >= 11 is 0. The minimum atomic E-state index is -0.448. The van der Waals surface area contributed by atoms with Gasteiger partial charge in [0.15, 0.2) is 0 Å². The first-order chi connectivity index (χ1) is 12.1. The topological polar surface area (TPSA) is 135 Å². The second kappa shape index (κ2) is 13.2. The number of benzene rings is 2. The average molecular weight is 382 g/mol. The fraction of sp³-hybridized carbons (Fsp3) is 0.263. The average Bonchev–Trinajstić information content (AvgIpc) is 2.61. The van der Waals surface area contributed by atoms with Crippen LogP contribution in [-0.4, -0.2) is 30.5 Å². The van der Waals surface area contributed by atoms with Gasteiger partial charge in [-0.1, -0.05) is 0 Å². The molecule has 0 heterocycles. The van der Waals surface area contributed by atoms with Crippen LogP contribution in [0.15, 0.2) is 48.5 Å². The number of hydrogen-bond acceptors (Lipinski definition) is 5. The molecule has 2 amide bonds. The Labute approximate surface area is 180 Å². The number of hydrogen-bond donors (Lipinski definition) is 2. The van der Waals surface area contributed by atoms with Crippen LogP contribution in [0.25, 0.3) is 0 Å². The molecular formula is C19H23N2NaO5. The molecule has 0 aliphatic carbocycles. The SMILES string of the molecule is NC(=O)c1ccc(OCCCCCOc2ccc(C(N)=O)cc2)cc1.[Na+].[OH-]. The van der Waals surface area contributed by atoms with Gasteiger partial charge in [0.1, 0.15) is 11.5 Å². The monoisotopic (exact) mass is 382 g/mol. The van der Waals surface area contributed by atoms with Crippen molar-refractivity contribution in [2.24, 2.45) is 11.5 Å². The van der Waals surface area contributed by atoms with Gasteiger partial charge in [-0.05, 0) is 67.8 Å². The maximum absolute atomic E-state index is 11.0. The van der Waals surface area contributed by atoms with E-state index in [1.807, 2.05) is 0 Å². The van der Waals surface area contributed by atoms with Crippen LogP contribution in [0.3, 0.4) is 0 Å². The molecule has 5 N–H and O–H groups in total. The van der Waals surface area contributed by atoms with Crippen molar-refractivity contribution >= 4 is 11.8 Å². The number of rotatable bonds is 10. The van der Waals surface area contributed by atoms with Gasteiger partial charge >= 0.3 is 29.6 Å². The van der Waals surface area contributed by atoms with Gasteiger partial charge in [0.05, 0.1) is 13.2 Å². The predicted octanol–water partition coefficient (Wildman–Crippen LogP) is -0.660. The summed E-state index contributed by atoms with van der Waals surface area (Å²) in [5.74, 6) is 0.540. The Morgan fingerprint density at radius 1 is 0.667 bits per heavy atom. The van der Waals surface area contributed by atoms with Crippen LogP contribution in [0.2, 0.25) is 0 Å². The molecular weight excluding hydrogens is 359 g/mol. The second-order valence-electron chi connectivity index (χ2n) is 5.53. The van der Waals surface area contributed by atoms with Crippen LogP contribution in [0.1, 0.15) is 40.0 Å². The second-order valence-corrected chi connectivity index (χ2v) is 5.53. The Morgan fingerprint density at radius 2 is 1.00 bits per heavy atom. The Bertz CT molecular complexity index is 644. The largest absolute Gasteiger partial charge is 1.00 e. The standard InChI is InChI=1S/C19H22N2O4.Na.H2O/c20-18(22)14-4-8-16(9-5-14)24-12-2-1-3-13-25-17-10-6-15(7-11-17)19(21)23;;/h4-11H,1-3,12-13H2,(H2,20,22)(H2,21,23);;1H2/q;+1;/p-1. The molecule has 27 heavy (non-hydrogen) atoms. The van der Waals surface area contributed by atoms with E-state index in [4.69, 9.17) is 20.9 Å². The van der Waals surface area contributed by atoms with Gasteiger partial charge in [-0.3, -0.25) is 9.59 Å². The third-order valence-corrected chi connectivity index (χ3v) is 3.60. The molecule has 7 nitrogen and oxygen atoms in total. The summed E-state index contributed by atoms with van der Waals surface area (Å²) in [7, 11) is 0. The Morgan fingerprint density at radius 3 is 1.30 bits per heavy atom. The van der Waals surface area contributed by atoms with Crippen molar-refractivity contribution < 1.29 is 54.1 Å². The summed E-state index contributed by atoms with van der Waals surface area (Å²) in [4.78, 5) is 21.9. The van der Waals surface area contributed by atoms with Gasteiger partial charge in [0.2, 0.25) is 11.8 Å². The first-order valence-corrected chi connectivity index (χ1v) is 8.11. The Hall–Kier alpha value is -2.06. The van der Waals surface area contributed by atoms with Gasteiger partial charge in [0.25, 0.3) is 0 Å². The minimum Gasteiger partial charge on any atom is -0.870 e. The van der Waals surface area contributed by atoms with Crippen LogP contribution in [0.4, 0.5) is 0 Å². The molecule has 0 unspecified atom stereocenters. The molecule has 140 valence electrons. The zero-order chi connectivity index (χ0) is 18.1. The number of ether oxygens (including phenoxy) is 2. The number of primary amides is 2. The zero-order valence-corrected chi connectivity index (χ0v) is 17.4. The molecule has 0 bridgehead atoms. The number of unbranched alkanes of at least 4 members (excludes halogenated alkanes) is 2. The molecule has 0 atom stereocenters. The van der Waals surface area contributed by atoms with Crippen LogP contribution in [-0.2, 0) is 0 Å². The summed E-state index contributed by atoms with van der Waals surface area (Å²) in [6, 6.07) is 13.5. The normalized spacial score (nSPS) is 9.48. The fourth-order valence-corrected chi connectivity index (χ4v) is 2.19. The molecule has 0 radical (unpaired) electrons. The van der Waals surface area contributed by atoms with Crippen molar-refractivity contribution in [1.82, 2.24) is 0 Å². The van der Waals surface area contributed by atoms with Crippen molar-refractivity contribution in [3.05, 3.63) is 59.7 Å². The molecule has 0 saturated carbocycles. The summed E-state index contributed by atoms with van der Waals surface area (Å²) in [6.45, 7) is 1.20. The number of carbonyl (C=O) groups excluding carboxylic acids is 2. The van der Waals surface area contributed by atoms with Crippen LogP contribution < -0.4 is 50.5 Å². The quantitative estimate of drug-likeness (QED) is 0.415. The molecule has 0 aromatic heterocycles. The van der Waals surface area contributed by atoms with E-state index in [-0.39, 0.29) is 35.0 Å². The predicted molar refractivity (Wildman–Crippen MR) is 96.7 cm³/mol. The van der Waals surface area contributed by atoms with Crippen LogP contribution >= 0.6 is 0 Å². The van der Waals surface area contributed by atoms with Crippen LogP contribution in [0.5, 0.6) is 11.5 Å². The molecule has 0 fully saturated rings. The van der Waals surface area contributed by atoms with Crippen molar-refractivity contribution in [2.45, 2.75) is 19.3 Å². The van der Waals surface area contributed by atoms with E-state index >= 15 is 0 Å². The summed E-state index contributed by atoms with van der Waals surface area (Å²) < 4.78 is 11.2. The van der Waals surface area contributed by atoms with E-state index in [0.717, 1.165) is 30.8 Å².